The highest BCUT2D eigenvalue weighted by atomic mass is 35.5. The van der Waals surface area contributed by atoms with Crippen molar-refractivity contribution in [3.63, 3.8) is 0 Å². The molecular formula is C13H13Cl. The summed E-state index contributed by atoms with van der Waals surface area (Å²) in [4.78, 5) is 0. The zero-order valence-corrected chi connectivity index (χ0v) is 9.23. The molecule has 0 nitrogen and oxygen atoms in total. The van der Waals surface area contributed by atoms with Gasteiger partial charge >= 0.3 is 0 Å². The SMILES string of the molecule is CCc1cc(C)cc2cccc(Cl)c12. The average Bonchev–Trinajstić information content (AvgIpc) is 2.16. The quantitative estimate of drug-likeness (QED) is 0.648. The van der Waals surface area contributed by atoms with Gasteiger partial charge in [-0.3, -0.25) is 0 Å². The molecular weight excluding hydrogens is 192 g/mol. The van der Waals surface area contributed by atoms with Gasteiger partial charge in [0.15, 0.2) is 0 Å². The maximum absolute atomic E-state index is 6.19. The molecule has 2 aromatic rings. The van der Waals surface area contributed by atoms with E-state index >= 15 is 0 Å². The van der Waals surface area contributed by atoms with E-state index in [4.69, 9.17) is 11.6 Å². The van der Waals surface area contributed by atoms with Crippen LogP contribution in [0.4, 0.5) is 0 Å². The van der Waals surface area contributed by atoms with E-state index in [1.165, 1.54) is 21.9 Å². The Morgan fingerprint density at radius 3 is 2.71 bits per heavy atom. The van der Waals surface area contributed by atoms with Crippen molar-refractivity contribution in [3.05, 3.63) is 46.5 Å². The standard InChI is InChI=1S/C13H13Cl/c1-3-10-7-9(2)8-11-5-4-6-12(14)13(10)11/h4-8H,3H2,1-2H3. The molecule has 0 amide bonds. The van der Waals surface area contributed by atoms with Gasteiger partial charge in [0.1, 0.15) is 0 Å². The maximum Gasteiger partial charge on any atom is 0.0487 e. The first-order chi connectivity index (χ1) is 6.72. The van der Waals surface area contributed by atoms with Crippen molar-refractivity contribution in [2.75, 3.05) is 0 Å². The number of hydrogen-bond acceptors (Lipinski definition) is 0. The van der Waals surface area contributed by atoms with E-state index in [-0.39, 0.29) is 0 Å². The molecule has 0 saturated heterocycles. The maximum atomic E-state index is 6.19. The average molecular weight is 205 g/mol. The highest BCUT2D eigenvalue weighted by Crippen LogP contribution is 2.28. The third kappa shape index (κ3) is 1.51. The smallest absolute Gasteiger partial charge is 0.0487 e. The van der Waals surface area contributed by atoms with Gasteiger partial charge in [-0.1, -0.05) is 48.4 Å². The number of aryl methyl sites for hydroxylation is 2. The van der Waals surface area contributed by atoms with Gasteiger partial charge in [-0.2, -0.15) is 0 Å². The van der Waals surface area contributed by atoms with Crippen LogP contribution in [0.3, 0.4) is 0 Å². The summed E-state index contributed by atoms with van der Waals surface area (Å²) in [6, 6.07) is 10.5. The number of halogens is 1. The summed E-state index contributed by atoms with van der Waals surface area (Å²) in [5.74, 6) is 0. The third-order valence-electron chi connectivity index (χ3n) is 2.53. The molecule has 0 aromatic heterocycles. The fourth-order valence-corrected chi connectivity index (χ4v) is 2.22. The molecule has 0 unspecified atom stereocenters. The van der Waals surface area contributed by atoms with Crippen molar-refractivity contribution in [3.8, 4) is 0 Å². The van der Waals surface area contributed by atoms with Gasteiger partial charge in [0.05, 0.1) is 0 Å². The van der Waals surface area contributed by atoms with Crippen LogP contribution < -0.4 is 0 Å². The molecule has 0 radical (unpaired) electrons. The first kappa shape index (κ1) is 9.54. The van der Waals surface area contributed by atoms with Crippen molar-refractivity contribution in [1.82, 2.24) is 0 Å². The van der Waals surface area contributed by atoms with Crippen LogP contribution in [0, 0.1) is 6.92 Å². The lowest BCUT2D eigenvalue weighted by molar-refractivity contribution is 1.15. The second-order valence-corrected chi connectivity index (χ2v) is 4.02. The van der Waals surface area contributed by atoms with Gasteiger partial charge < -0.3 is 0 Å². The van der Waals surface area contributed by atoms with Crippen molar-refractivity contribution >= 4 is 22.4 Å². The summed E-state index contributed by atoms with van der Waals surface area (Å²) in [6.07, 6.45) is 1.03. The zero-order valence-electron chi connectivity index (χ0n) is 8.47. The molecule has 2 aromatic carbocycles. The highest BCUT2D eigenvalue weighted by molar-refractivity contribution is 6.35. The predicted octanol–water partition coefficient (Wildman–Crippen LogP) is 4.36. The molecule has 0 atom stereocenters. The van der Waals surface area contributed by atoms with Crippen LogP contribution >= 0.6 is 11.6 Å². The van der Waals surface area contributed by atoms with Gasteiger partial charge in [-0.15, -0.1) is 0 Å². The van der Waals surface area contributed by atoms with E-state index in [0.29, 0.717) is 0 Å². The predicted molar refractivity (Wildman–Crippen MR) is 63.1 cm³/mol. The van der Waals surface area contributed by atoms with Crippen LogP contribution in [-0.4, -0.2) is 0 Å². The van der Waals surface area contributed by atoms with Crippen LogP contribution in [0.15, 0.2) is 30.3 Å². The Balaban J connectivity index is 2.88. The van der Waals surface area contributed by atoms with E-state index in [1.807, 2.05) is 12.1 Å². The summed E-state index contributed by atoms with van der Waals surface area (Å²) in [6.45, 7) is 4.29. The number of benzene rings is 2. The fourth-order valence-electron chi connectivity index (χ4n) is 1.91. The van der Waals surface area contributed by atoms with Gasteiger partial charge in [0.2, 0.25) is 0 Å². The van der Waals surface area contributed by atoms with Crippen LogP contribution in [0.1, 0.15) is 18.1 Å². The molecule has 0 aliphatic heterocycles. The Morgan fingerprint density at radius 1 is 1.21 bits per heavy atom. The molecule has 0 bridgehead atoms. The van der Waals surface area contributed by atoms with E-state index < -0.39 is 0 Å². The third-order valence-corrected chi connectivity index (χ3v) is 2.85. The summed E-state index contributed by atoms with van der Waals surface area (Å²) in [5.41, 5.74) is 2.64. The molecule has 0 N–H and O–H groups in total. The molecule has 14 heavy (non-hydrogen) atoms. The van der Waals surface area contributed by atoms with Crippen molar-refractivity contribution in [2.24, 2.45) is 0 Å². The fraction of sp³-hybridized carbons (Fsp3) is 0.231. The van der Waals surface area contributed by atoms with E-state index in [9.17, 15) is 0 Å². The lowest BCUT2D eigenvalue weighted by atomic mass is 10.00. The van der Waals surface area contributed by atoms with E-state index in [2.05, 4.69) is 32.0 Å². The second kappa shape index (κ2) is 3.62. The molecule has 72 valence electrons. The number of rotatable bonds is 1. The molecule has 0 heterocycles. The van der Waals surface area contributed by atoms with Crippen LogP contribution in [-0.2, 0) is 6.42 Å². The Hall–Kier alpha value is -1.01. The monoisotopic (exact) mass is 204 g/mol. The molecule has 0 aliphatic rings. The van der Waals surface area contributed by atoms with Crippen LogP contribution in [0.25, 0.3) is 10.8 Å². The van der Waals surface area contributed by atoms with E-state index in [1.54, 1.807) is 0 Å². The normalized spacial score (nSPS) is 10.8. The molecule has 0 aliphatic carbocycles. The molecule has 1 heteroatoms. The van der Waals surface area contributed by atoms with E-state index in [0.717, 1.165) is 11.4 Å². The summed E-state index contributed by atoms with van der Waals surface area (Å²) in [5, 5.41) is 3.32. The number of fused-ring (bicyclic) bond motifs is 1. The topological polar surface area (TPSA) is 0 Å². The van der Waals surface area contributed by atoms with Crippen molar-refractivity contribution in [2.45, 2.75) is 20.3 Å². The van der Waals surface area contributed by atoms with Crippen LogP contribution in [0.2, 0.25) is 5.02 Å². The molecule has 0 saturated carbocycles. The van der Waals surface area contributed by atoms with Gasteiger partial charge in [-0.05, 0) is 30.4 Å². The van der Waals surface area contributed by atoms with Gasteiger partial charge in [0.25, 0.3) is 0 Å². The Morgan fingerprint density at radius 2 is 2.00 bits per heavy atom. The largest absolute Gasteiger partial charge is 0.0837 e. The lowest BCUT2D eigenvalue weighted by Crippen LogP contribution is -1.86. The Labute approximate surface area is 89.5 Å². The summed E-state index contributed by atoms with van der Waals surface area (Å²) >= 11 is 6.19. The van der Waals surface area contributed by atoms with Gasteiger partial charge in [0, 0.05) is 10.4 Å². The van der Waals surface area contributed by atoms with Crippen molar-refractivity contribution in [1.29, 1.82) is 0 Å². The second-order valence-electron chi connectivity index (χ2n) is 3.62. The molecule has 0 fully saturated rings. The Kier molecular flexibility index (Phi) is 2.47. The molecule has 0 spiro atoms. The lowest BCUT2D eigenvalue weighted by Gasteiger charge is -2.07. The van der Waals surface area contributed by atoms with Crippen LogP contribution in [0.5, 0.6) is 0 Å². The first-order valence-electron chi connectivity index (χ1n) is 4.90. The molecule has 2 rings (SSSR count). The van der Waals surface area contributed by atoms with Gasteiger partial charge in [-0.25, -0.2) is 0 Å². The minimum atomic E-state index is 0.861. The highest BCUT2D eigenvalue weighted by Gasteiger charge is 2.04. The minimum Gasteiger partial charge on any atom is -0.0837 e. The first-order valence-corrected chi connectivity index (χ1v) is 5.28. The van der Waals surface area contributed by atoms with Crippen molar-refractivity contribution < 1.29 is 0 Å². The minimum absolute atomic E-state index is 0.861. The number of hydrogen-bond donors (Lipinski definition) is 0. The summed E-state index contributed by atoms with van der Waals surface area (Å²) < 4.78 is 0. The summed E-state index contributed by atoms with van der Waals surface area (Å²) in [7, 11) is 0. The zero-order chi connectivity index (χ0) is 10.1. The Bertz CT molecular complexity index is 472.